The van der Waals surface area contributed by atoms with E-state index < -0.39 is 0 Å². The highest BCUT2D eigenvalue weighted by molar-refractivity contribution is 7.80. The van der Waals surface area contributed by atoms with Crippen LogP contribution in [0.3, 0.4) is 0 Å². The predicted octanol–water partition coefficient (Wildman–Crippen LogP) is 1.95. The Labute approximate surface area is 123 Å². The van der Waals surface area contributed by atoms with Gasteiger partial charge in [-0.05, 0) is 24.6 Å². The van der Waals surface area contributed by atoms with Gasteiger partial charge in [0.2, 0.25) is 0 Å². The summed E-state index contributed by atoms with van der Waals surface area (Å²) in [4.78, 5) is 16.3. The van der Waals surface area contributed by atoms with E-state index in [1.165, 1.54) is 6.20 Å². The Kier molecular flexibility index (Phi) is 4.42. The molecule has 0 radical (unpaired) electrons. The molecule has 0 atom stereocenters. The number of aryl methyl sites for hydroxylation is 1. The van der Waals surface area contributed by atoms with E-state index in [0.29, 0.717) is 17.8 Å². The number of amides is 1. The number of nitrogens with zero attached hydrogens (tertiary/aromatic N) is 1. The van der Waals surface area contributed by atoms with Gasteiger partial charge in [0.05, 0.1) is 0 Å². The van der Waals surface area contributed by atoms with E-state index >= 15 is 0 Å². The number of carbonyl (C=O) groups is 1. The molecule has 1 amide bonds. The molecule has 0 spiro atoms. The van der Waals surface area contributed by atoms with Gasteiger partial charge in [0.1, 0.15) is 10.7 Å². The quantitative estimate of drug-likeness (QED) is 0.843. The Morgan fingerprint density at radius 2 is 2.15 bits per heavy atom. The third kappa shape index (κ3) is 3.61. The van der Waals surface area contributed by atoms with Gasteiger partial charge in [-0.15, -0.1) is 0 Å². The van der Waals surface area contributed by atoms with Crippen molar-refractivity contribution in [2.45, 2.75) is 13.5 Å². The fraction of sp³-hybridized carbons (Fsp3) is 0.133. The van der Waals surface area contributed by atoms with Crippen molar-refractivity contribution >= 4 is 23.1 Å². The number of nitrogens with one attached hydrogen (secondary N) is 1. The van der Waals surface area contributed by atoms with Gasteiger partial charge in [0.25, 0.3) is 5.91 Å². The minimum atomic E-state index is -0.221. The molecule has 5 heteroatoms. The Bertz CT molecular complexity index is 638. The first-order valence-corrected chi connectivity index (χ1v) is 6.56. The molecule has 3 N–H and O–H groups in total. The van der Waals surface area contributed by atoms with E-state index in [9.17, 15) is 4.79 Å². The molecule has 0 aliphatic heterocycles. The number of carbonyl (C=O) groups excluding carboxylic acids is 1. The lowest BCUT2D eigenvalue weighted by Gasteiger charge is -2.06. The van der Waals surface area contributed by atoms with Gasteiger partial charge in [-0.1, -0.05) is 42.0 Å². The molecular formula is C15H15N3OS. The van der Waals surface area contributed by atoms with Crippen molar-refractivity contribution in [1.82, 2.24) is 10.3 Å². The summed E-state index contributed by atoms with van der Waals surface area (Å²) in [6.07, 6.45) is 1.50. The molecule has 1 aromatic carbocycles. The van der Waals surface area contributed by atoms with Gasteiger partial charge in [0.15, 0.2) is 0 Å². The second kappa shape index (κ2) is 6.25. The highest BCUT2D eigenvalue weighted by Crippen LogP contribution is 2.04. The molecule has 4 nitrogen and oxygen atoms in total. The van der Waals surface area contributed by atoms with Crippen molar-refractivity contribution in [1.29, 1.82) is 0 Å². The molecule has 0 saturated carbocycles. The zero-order valence-electron chi connectivity index (χ0n) is 11.1. The summed E-state index contributed by atoms with van der Waals surface area (Å²) in [5, 5.41) is 2.83. The first-order chi connectivity index (χ1) is 9.56. The molecule has 1 aromatic heterocycles. The topological polar surface area (TPSA) is 68.0 Å². The standard InChI is InChI=1S/C15H15N3OS/c1-10-3-2-4-11(7-10)8-18-15(19)13-6-5-12(9-17-13)14(16)20/h2-7,9H,8H2,1H3,(H2,16,20)(H,18,19). The molecule has 2 rings (SSSR count). The van der Waals surface area contributed by atoms with Crippen LogP contribution in [0, 0.1) is 6.92 Å². The largest absolute Gasteiger partial charge is 0.389 e. The van der Waals surface area contributed by atoms with Crippen LogP contribution in [0.5, 0.6) is 0 Å². The summed E-state index contributed by atoms with van der Waals surface area (Å²) in [6.45, 7) is 2.49. The third-order valence-corrected chi connectivity index (χ3v) is 3.05. The molecule has 1 heterocycles. The van der Waals surface area contributed by atoms with E-state index in [2.05, 4.69) is 10.3 Å². The highest BCUT2D eigenvalue weighted by atomic mass is 32.1. The molecule has 0 bridgehead atoms. The second-order valence-corrected chi connectivity index (χ2v) is 4.91. The highest BCUT2D eigenvalue weighted by Gasteiger charge is 2.07. The fourth-order valence-corrected chi connectivity index (χ4v) is 1.89. The van der Waals surface area contributed by atoms with Gasteiger partial charge in [0, 0.05) is 18.3 Å². The van der Waals surface area contributed by atoms with Crippen LogP contribution in [0.15, 0.2) is 42.6 Å². The van der Waals surface area contributed by atoms with Gasteiger partial charge < -0.3 is 11.1 Å². The third-order valence-electron chi connectivity index (χ3n) is 2.82. The fourth-order valence-electron chi connectivity index (χ4n) is 1.77. The summed E-state index contributed by atoms with van der Waals surface area (Å²) in [5.74, 6) is -0.221. The van der Waals surface area contributed by atoms with Gasteiger partial charge in [-0.2, -0.15) is 0 Å². The average Bonchev–Trinajstić information content (AvgIpc) is 2.45. The molecule has 20 heavy (non-hydrogen) atoms. The van der Waals surface area contributed by atoms with Crippen LogP contribution in [-0.4, -0.2) is 15.9 Å². The monoisotopic (exact) mass is 285 g/mol. The normalized spacial score (nSPS) is 10.1. The molecular weight excluding hydrogens is 270 g/mol. The molecule has 2 aromatic rings. The van der Waals surface area contributed by atoms with Crippen LogP contribution < -0.4 is 11.1 Å². The molecule has 102 valence electrons. The lowest BCUT2D eigenvalue weighted by Crippen LogP contribution is -2.24. The molecule has 0 aliphatic carbocycles. The second-order valence-electron chi connectivity index (χ2n) is 4.47. The van der Waals surface area contributed by atoms with Crippen LogP contribution in [0.25, 0.3) is 0 Å². The van der Waals surface area contributed by atoms with Crippen molar-refractivity contribution in [3.63, 3.8) is 0 Å². The zero-order chi connectivity index (χ0) is 14.5. The molecule has 0 aliphatic rings. The molecule has 0 fully saturated rings. The molecule has 0 saturated heterocycles. The number of thiocarbonyl (C=S) groups is 1. The number of hydrogen-bond acceptors (Lipinski definition) is 3. The van der Waals surface area contributed by atoms with Crippen molar-refractivity contribution in [3.05, 3.63) is 65.0 Å². The van der Waals surface area contributed by atoms with Crippen molar-refractivity contribution in [2.75, 3.05) is 0 Å². The maximum atomic E-state index is 11.9. The van der Waals surface area contributed by atoms with E-state index in [1.807, 2.05) is 31.2 Å². The van der Waals surface area contributed by atoms with Gasteiger partial charge >= 0.3 is 0 Å². The first kappa shape index (κ1) is 14.1. The Morgan fingerprint density at radius 3 is 2.75 bits per heavy atom. The summed E-state index contributed by atoms with van der Waals surface area (Å²) in [6, 6.07) is 11.3. The van der Waals surface area contributed by atoms with Crippen LogP contribution in [-0.2, 0) is 6.54 Å². The number of pyridine rings is 1. The Hall–Kier alpha value is -2.27. The predicted molar refractivity (Wildman–Crippen MR) is 82.5 cm³/mol. The summed E-state index contributed by atoms with van der Waals surface area (Å²) >= 11 is 4.84. The van der Waals surface area contributed by atoms with Crippen molar-refractivity contribution in [3.8, 4) is 0 Å². The SMILES string of the molecule is Cc1cccc(CNC(=O)c2ccc(C(N)=S)cn2)c1. The molecule has 0 unspecified atom stereocenters. The summed E-state index contributed by atoms with van der Waals surface area (Å²) in [7, 11) is 0. The maximum absolute atomic E-state index is 11.9. The number of aromatic nitrogens is 1. The van der Waals surface area contributed by atoms with Crippen LogP contribution in [0.1, 0.15) is 27.2 Å². The number of benzene rings is 1. The van der Waals surface area contributed by atoms with Crippen LogP contribution >= 0.6 is 12.2 Å². The zero-order valence-corrected chi connectivity index (χ0v) is 11.9. The van der Waals surface area contributed by atoms with E-state index in [1.54, 1.807) is 12.1 Å². The Balaban J connectivity index is 1.99. The first-order valence-electron chi connectivity index (χ1n) is 6.16. The lowest BCUT2D eigenvalue weighted by molar-refractivity contribution is 0.0946. The van der Waals surface area contributed by atoms with Crippen LogP contribution in [0.2, 0.25) is 0 Å². The summed E-state index contributed by atoms with van der Waals surface area (Å²) < 4.78 is 0. The minimum absolute atomic E-state index is 0.221. The van der Waals surface area contributed by atoms with Gasteiger partial charge in [-0.3, -0.25) is 9.78 Å². The number of nitrogens with two attached hydrogens (primary N) is 1. The smallest absolute Gasteiger partial charge is 0.270 e. The van der Waals surface area contributed by atoms with E-state index in [0.717, 1.165) is 11.1 Å². The maximum Gasteiger partial charge on any atom is 0.270 e. The lowest BCUT2D eigenvalue weighted by atomic mass is 10.1. The summed E-state index contributed by atoms with van der Waals surface area (Å²) in [5.41, 5.74) is 8.69. The Morgan fingerprint density at radius 1 is 1.35 bits per heavy atom. The van der Waals surface area contributed by atoms with Crippen LogP contribution in [0.4, 0.5) is 0 Å². The minimum Gasteiger partial charge on any atom is -0.389 e. The van der Waals surface area contributed by atoms with Crippen molar-refractivity contribution < 1.29 is 4.79 Å². The van der Waals surface area contributed by atoms with Gasteiger partial charge in [-0.25, -0.2) is 0 Å². The number of hydrogen-bond donors (Lipinski definition) is 2. The number of rotatable bonds is 4. The average molecular weight is 285 g/mol. The van der Waals surface area contributed by atoms with E-state index in [-0.39, 0.29) is 10.9 Å². The van der Waals surface area contributed by atoms with Crippen molar-refractivity contribution in [2.24, 2.45) is 5.73 Å². The van der Waals surface area contributed by atoms with E-state index in [4.69, 9.17) is 18.0 Å².